The zero-order chi connectivity index (χ0) is 13.8. The van der Waals surface area contributed by atoms with Gasteiger partial charge < -0.3 is 10.3 Å². The highest BCUT2D eigenvalue weighted by atomic mass is 14.9. The van der Waals surface area contributed by atoms with Gasteiger partial charge in [0.15, 0.2) is 0 Å². The summed E-state index contributed by atoms with van der Waals surface area (Å²) in [6.07, 6.45) is 9.18. The SMILES string of the molecule is CCCc1cccc(NC2=CCc3cc[nH]c3N=C2)c1. The summed E-state index contributed by atoms with van der Waals surface area (Å²) in [6, 6.07) is 10.7. The molecule has 2 heterocycles. The fraction of sp³-hybridized carbons (Fsp3) is 0.235. The minimum absolute atomic E-state index is 0.899. The maximum absolute atomic E-state index is 4.47. The van der Waals surface area contributed by atoms with Gasteiger partial charge in [0, 0.05) is 17.4 Å². The molecule has 0 aliphatic carbocycles. The molecule has 3 heteroatoms. The first-order valence-corrected chi connectivity index (χ1v) is 7.11. The molecule has 1 aromatic heterocycles. The van der Waals surface area contributed by atoms with Gasteiger partial charge in [-0.1, -0.05) is 31.6 Å². The van der Waals surface area contributed by atoms with E-state index in [1.807, 2.05) is 12.4 Å². The van der Waals surface area contributed by atoms with Crippen LogP contribution < -0.4 is 5.32 Å². The minimum Gasteiger partial charge on any atom is -0.355 e. The van der Waals surface area contributed by atoms with Crippen LogP contribution in [0.4, 0.5) is 11.5 Å². The highest BCUT2D eigenvalue weighted by Crippen LogP contribution is 2.21. The number of hydrogen-bond donors (Lipinski definition) is 2. The summed E-state index contributed by atoms with van der Waals surface area (Å²) in [5, 5.41) is 3.44. The maximum Gasteiger partial charge on any atom is 0.133 e. The first-order valence-electron chi connectivity index (χ1n) is 7.11. The predicted octanol–water partition coefficient (Wildman–Crippen LogP) is 4.22. The zero-order valence-electron chi connectivity index (χ0n) is 11.7. The molecule has 0 amide bonds. The zero-order valence-corrected chi connectivity index (χ0v) is 11.7. The molecule has 0 spiro atoms. The summed E-state index contributed by atoms with van der Waals surface area (Å²) >= 11 is 0. The molecule has 2 aromatic rings. The number of nitrogens with one attached hydrogen (secondary N) is 2. The van der Waals surface area contributed by atoms with Crippen LogP contribution >= 0.6 is 0 Å². The van der Waals surface area contributed by atoms with Gasteiger partial charge in [0.25, 0.3) is 0 Å². The van der Waals surface area contributed by atoms with Crippen LogP contribution in [0.2, 0.25) is 0 Å². The average Bonchev–Trinajstić information content (AvgIpc) is 2.82. The lowest BCUT2D eigenvalue weighted by molar-refractivity contribution is 0.922. The van der Waals surface area contributed by atoms with Crippen molar-refractivity contribution in [2.24, 2.45) is 4.99 Å². The Labute approximate surface area is 119 Å². The number of anilines is 1. The Morgan fingerprint density at radius 1 is 1.30 bits per heavy atom. The largest absolute Gasteiger partial charge is 0.355 e. The molecule has 0 unspecified atom stereocenters. The van der Waals surface area contributed by atoms with Crippen molar-refractivity contribution in [1.82, 2.24) is 4.98 Å². The molecule has 3 rings (SSSR count). The summed E-state index contributed by atoms with van der Waals surface area (Å²) < 4.78 is 0. The van der Waals surface area contributed by atoms with E-state index < -0.39 is 0 Å². The number of benzene rings is 1. The molecule has 1 aromatic carbocycles. The molecule has 0 fully saturated rings. The summed E-state index contributed by atoms with van der Waals surface area (Å²) in [5.74, 6) is 0.956. The van der Waals surface area contributed by atoms with Gasteiger partial charge in [-0.25, -0.2) is 4.99 Å². The third kappa shape index (κ3) is 2.82. The van der Waals surface area contributed by atoms with Crippen molar-refractivity contribution in [3.8, 4) is 0 Å². The van der Waals surface area contributed by atoms with E-state index in [9.17, 15) is 0 Å². The van der Waals surface area contributed by atoms with E-state index in [2.05, 4.69) is 58.6 Å². The number of nitrogens with zero attached hydrogens (tertiary/aromatic N) is 1. The third-order valence-corrected chi connectivity index (χ3v) is 3.44. The van der Waals surface area contributed by atoms with Gasteiger partial charge in [0.05, 0.1) is 11.9 Å². The van der Waals surface area contributed by atoms with Gasteiger partial charge in [-0.3, -0.25) is 0 Å². The van der Waals surface area contributed by atoms with Gasteiger partial charge in [-0.15, -0.1) is 0 Å². The second-order valence-electron chi connectivity index (χ2n) is 5.05. The van der Waals surface area contributed by atoms with E-state index in [0.717, 1.165) is 30.0 Å². The van der Waals surface area contributed by atoms with E-state index in [0.29, 0.717) is 0 Å². The number of aliphatic imine (C=N–C) groups is 1. The molecule has 20 heavy (non-hydrogen) atoms. The van der Waals surface area contributed by atoms with E-state index >= 15 is 0 Å². The number of H-pyrrole nitrogens is 1. The second-order valence-corrected chi connectivity index (χ2v) is 5.05. The Kier molecular flexibility index (Phi) is 3.68. The second kappa shape index (κ2) is 5.78. The standard InChI is InChI=1S/C17H19N3/c1-2-4-13-5-3-6-15(11-13)20-16-8-7-14-9-10-18-17(14)19-12-16/h3,5-6,8-12,18,20H,2,4,7H2,1H3. The van der Waals surface area contributed by atoms with Gasteiger partial charge in [0.1, 0.15) is 5.82 Å². The molecule has 0 atom stereocenters. The molecule has 2 N–H and O–H groups in total. The van der Waals surface area contributed by atoms with Gasteiger partial charge >= 0.3 is 0 Å². The van der Waals surface area contributed by atoms with Crippen LogP contribution in [0.5, 0.6) is 0 Å². The molecule has 0 saturated carbocycles. The van der Waals surface area contributed by atoms with Crippen molar-refractivity contribution in [2.45, 2.75) is 26.2 Å². The number of rotatable bonds is 4. The number of aryl methyl sites for hydroxylation is 1. The highest BCUT2D eigenvalue weighted by molar-refractivity contribution is 5.86. The van der Waals surface area contributed by atoms with Crippen LogP contribution in [0.25, 0.3) is 0 Å². The van der Waals surface area contributed by atoms with Crippen LogP contribution in [0, 0.1) is 0 Å². The summed E-state index contributed by atoms with van der Waals surface area (Å²) in [6.45, 7) is 2.20. The first kappa shape index (κ1) is 12.7. The molecule has 1 aliphatic rings. The monoisotopic (exact) mass is 265 g/mol. The van der Waals surface area contributed by atoms with Crippen molar-refractivity contribution in [1.29, 1.82) is 0 Å². The van der Waals surface area contributed by atoms with Gasteiger partial charge in [-0.2, -0.15) is 0 Å². The molecule has 3 nitrogen and oxygen atoms in total. The quantitative estimate of drug-likeness (QED) is 0.853. The molecule has 0 radical (unpaired) electrons. The summed E-state index contributed by atoms with van der Waals surface area (Å²) in [7, 11) is 0. The lowest BCUT2D eigenvalue weighted by Gasteiger charge is -2.08. The third-order valence-electron chi connectivity index (χ3n) is 3.44. The van der Waals surface area contributed by atoms with Crippen LogP contribution in [0.3, 0.4) is 0 Å². The Balaban J connectivity index is 1.75. The van der Waals surface area contributed by atoms with E-state index in [4.69, 9.17) is 0 Å². The fourth-order valence-electron chi connectivity index (χ4n) is 2.43. The lowest BCUT2D eigenvalue weighted by atomic mass is 10.1. The predicted molar refractivity (Wildman–Crippen MR) is 84.8 cm³/mol. The van der Waals surface area contributed by atoms with Crippen molar-refractivity contribution >= 4 is 17.7 Å². The normalized spacial score (nSPS) is 13.6. The molecule has 0 saturated heterocycles. The molecule has 1 aliphatic heterocycles. The maximum atomic E-state index is 4.47. The molecule has 0 bridgehead atoms. The summed E-state index contributed by atoms with van der Waals surface area (Å²) in [5.41, 5.74) is 4.77. The number of allylic oxidation sites excluding steroid dienone is 2. The highest BCUT2D eigenvalue weighted by Gasteiger charge is 2.06. The Morgan fingerprint density at radius 3 is 3.15 bits per heavy atom. The Hall–Kier alpha value is -2.29. The van der Waals surface area contributed by atoms with Crippen LogP contribution in [0.1, 0.15) is 24.5 Å². The molecule has 102 valence electrons. The lowest BCUT2D eigenvalue weighted by Crippen LogP contribution is -2.01. The van der Waals surface area contributed by atoms with Crippen molar-refractivity contribution in [3.63, 3.8) is 0 Å². The Bertz CT molecular complexity index is 650. The van der Waals surface area contributed by atoms with E-state index in [1.165, 1.54) is 17.5 Å². The Morgan fingerprint density at radius 2 is 2.25 bits per heavy atom. The molecular formula is C17H19N3. The van der Waals surface area contributed by atoms with Crippen LogP contribution in [-0.4, -0.2) is 11.2 Å². The average molecular weight is 265 g/mol. The molecular weight excluding hydrogens is 246 g/mol. The number of fused-ring (bicyclic) bond motifs is 1. The smallest absolute Gasteiger partial charge is 0.133 e. The van der Waals surface area contributed by atoms with Crippen LogP contribution in [-0.2, 0) is 12.8 Å². The number of aromatic nitrogens is 1. The fourth-order valence-corrected chi connectivity index (χ4v) is 2.43. The van der Waals surface area contributed by atoms with E-state index in [1.54, 1.807) is 0 Å². The van der Waals surface area contributed by atoms with E-state index in [-0.39, 0.29) is 0 Å². The number of aromatic amines is 1. The van der Waals surface area contributed by atoms with Gasteiger partial charge in [0.2, 0.25) is 0 Å². The number of hydrogen-bond acceptors (Lipinski definition) is 2. The summed E-state index contributed by atoms with van der Waals surface area (Å²) in [4.78, 5) is 7.62. The minimum atomic E-state index is 0.899. The van der Waals surface area contributed by atoms with Crippen molar-refractivity contribution in [2.75, 3.05) is 5.32 Å². The first-order chi connectivity index (χ1) is 9.85. The topological polar surface area (TPSA) is 40.2 Å². The van der Waals surface area contributed by atoms with Crippen molar-refractivity contribution in [3.05, 3.63) is 59.4 Å². The van der Waals surface area contributed by atoms with Gasteiger partial charge in [-0.05, 0) is 36.6 Å². The van der Waals surface area contributed by atoms with Crippen LogP contribution in [0.15, 0.2) is 53.3 Å². The van der Waals surface area contributed by atoms with Crippen molar-refractivity contribution < 1.29 is 0 Å².